The molecule has 0 aliphatic heterocycles. The highest BCUT2D eigenvalue weighted by molar-refractivity contribution is 5.96. The lowest BCUT2D eigenvalue weighted by atomic mass is 10.1. The number of amides is 2. The lowest BCUT2D eigenvalue weighted by Gasteiger charge is -2.12. The molecule has 0 unspecified atom stereocenters. The molecule has 3 aromatic rings. The minimum absolute atomic E-state index is 0.228. The molecule has 0 atom stereocenters. The highest BCUT2D eigenvalue weighted by atomic mass is 16.5. The average Bonchev–Trinajstić information content (AvgIpc) is 3.51. The molecule has 0 radical (unpaired) electrons. The Morgan fingerprint density at radius 2 is 1.97 bits per heavy atom. The average molecular weight is 402 g/mol. The molecular formula is C24H26N4O2. The van der Waals surface area contributed by atoms with E-state index in [4.69, 9.17) is 4.74 Å². The van der Waals surface area contributed by atoms with Crippen molar-refractivity contribution in [2.24, 2.45) is 5.92 Å². The van der Waals surface area contributed by atoms with Crippen LogP contribution in [0.2, 0.25) is 0 Å². The van der Waals surface area contributed by atoms with Gasteiger partial charge in [-0.3, -0.25) is 0 Å². The second-order valence-electron chi connectivity index (χ2n) is 7.56. The van der Waals surface area contributed by atoms with Crippen molar-refractivity contribution in [2.45, 2.75) is 33.2 Å². The van der Waals surface area contributed by atoms with E-state index in [0.717, 1.165) is 34.5 Å². The number of nitriles is 1. The van der Waals surface area contributed by atoms with Crippen LogP contribution in [-0.4, -0.2) is 23.7 Å². The summed E-state index contributed by atoms with van der Waals surface area (Å²) in [5, 5.41) is 16.5. The second-order valence-corrected chi connectivity index (χ2v) is 7.56. The van der Waals surface area contributed by atoms with E-state index in [9.17, 15) is 10.1 Å². The van der Waals surface area contributed by atoms with Gasteiger partial charge < -0.3 is 19.9 Å². The van der Waals surface area contributed by atoms with Crippen molar-refractivity contribution < 1.29 is 9.53 Å². The molecule has 1 aliphatic carbocycles. The van der Waals surface area contributed by atoms with Crippen LogP contribution in [0.4, 0.5) is 10.5 Å². The number of urea groups is 1. The molecule has 1 aliphatic rings. The minimum atomic E-state index is -0.228. The Balaban J connectivity index is 1.78. The van der Waals surface area contributed by atoms with Gasteiger partial charge in [0.25, 0.3) is 0 Å². The molecule has 1 saturated carbocycles. The zero-order valence-electron chi connectivity index (χ0n) is 17.4. The topological polar surface area (TPSA) is 79.1 Å². The van der Waals surface area contributed by atoms with Crippen LogP contribution in [-0.2, 0) is 6.54 Å². The SMILES string of the molecule is CCNC(=O)Nc1ccc(-c2c(C#N)c3cc(OCC)ccc3n2CC2CC2)cc1. The number of fused-ring (bicyclic) bond motifs is 1. The Bertz CT molecular complexity index is 1100. The summed E-state index contributed by atoms with van der Waals surface area (Å²) >= 11 is 0. The smallest absolute Gasteiger partial charge is 0.319 e. The van der Waals surface area contributed by atoms with Crippen LogP contribution in [0.1, 0.15) is 32.3 Å². The van der Waals surface area contributed by atoms with E-state index in [-0.39, 0.29) is 6.03 Å². The van der Waals surface area contributed by atoms with E-state index < -0.39 is 0 Å². The minimum Gasteiger partial charge on any atom is -0.494 e. The molecule has 2 N–H and O–H groups in total. The molecule has 6 heteroatoms. The van der Waals surface area contributed by atoms with Gasteiger partial charge in [-0.05, 0) is 68.5 Å². The third-order valence-electron chi connectivity index (χ3n) is 5.35. The molecule has 1 heterocycles. The Morgan fingerprint density at radius 1 is 1.20 bits per heavy atom. The molecular weight excluding hydrogens is 376 g/mol. The van der Waals surface area contributed by atoms with Gasteiger partial charge in [0.1, 0.15) is 11.8 Å². The summed E-state index contributed by atoms with van der Waals surface area (Å²) in [6, 6.07) is 15.9. The number of anilines is 1. The number of hydrogen-bond donors (Lipinski definition) is 2. The lowest BCUT2D eigenvalue weighted by Crippen LogP contribution is -2.28. The third-order valence-corrected chi connectivity index (χ3v) is 5.35. The van der Waals surface area contributed by atoms with Gasteiger partial charge in [-0.25, -0.2) is 4.79 Å². The molecule has 1 aromatic heterocycles. The summed E-state index contributed by atoms with van der Waals surface area (Å²) in [6.45, 7) is 5.89. The maximum absolute atomic E-state index is 11.8. The Morgan fingerprint density at radius 3 is 2.60 bits per heavy atom. The second kappa shape index (κ2) is 8.50. The zero-order valence-corrected chi connectivity index (χ0v) is 17.4. The maximum atomic E-state index is 11.8. The predicted octanol–water partition coefficient (Wildman–Crippen LogP) is 5.13. The van der Waals surface area contributed by atoms with Crippen molar-refractivity contribution in [3.8, 4) is 23.1 Å². The van der Waals surface area contributed by atoms with Crippen molar-refractivity contribution in [3.63, 3.8) is 0 Å². The summed E-state index contributed by atoms with van der Waals surface area (Å²) in [4.78, 5) is 11.8. The molecule has 0 spiro atoms. The van der Waals surface area contributed by atoms with Crippen LogP contribution in [0.3, 0.4) is 0 Å². The third kappa shape index (κ3) is 3.97. The number of hydrogen-bond acceptors (Lipinski definition) is 3. The Labute approximate surface area is 176 Å². The molecule has 0 bridgehead atoms. The van der Waals surface area contributed by atoms with Crippen LogP contribution in [0, 0.1) is 17.2 Å². The van der Waals surface area contributed by atoms with Gasteiger partial charge in [-0.2, -0.15) is 5.26 Å². The number of aromatic nitrogens is 1. The lowest BCUT2D eigenvalue weighted by molar-refractivity contribution is 0.252. The van der Waals surface area contributed by atoms with Crippen molar-refractivity contribution in [2.75, 3.05) is 18.5 Å². The van der Waals surface area contributed by atoms with E-state index in [1.54, 1.807) is 0 Å². The number of rotatable bonds is 7. The molecule has 4 rings (SSSR count). The fourth-order valence-corrected chi connectivity index (χ4v) is 3.80. The number of carbonyl (C=O) groups is 1. The summed E-state index contributed by atoms with van der Waals surface area (Å²) < 4.78 is 7.94. The van der Waals surface area contributed by atoms with Gasteiger partial charge in [0.15, 0.2) is 0 Å². The zero-order chi connectivity index (χ0) is 21.1. The maximum Gasteiger partial charge on any atom is 0.319 e. The van der Waals surface area contributed by atoms with E-state index >= 15 is 0 Å². The van der Waals surface area contributed by atoms with Gasteiger partial charge in [0, 0.05) is 24.2 Å². The molecule has 0 saturated heterocycles. The van der Waals surface area contributed by atoms with Crippen molar-refractivity contribution in [3.05, 3.63) is 48.0 Å². The van der Waals surface area contributed by atoms with Gasteiger partial charge in [-0.15, -0.1) is 0 Å². The summed E-state index contributed by atoms with van der Waals surface area (Å²) in [6.07, 6.45) is 2.46. The predicted molar refractivity (Wildman–Crippen MR) is 119 cm³/mol. The van der Waals surface area contributed by atoms with E-state index in [1.807, 2.05) is 50.2 Å². The van der Waals surface area contributed by atoms with Crippen LogP contribution in [0.25, 0.3) is 22.2 Å². The van der Waals surface area contributed by atoms with Crippen molar-refractivity contribution in [1.29, 1.82) is 5.26 Å². The van der Waals surface area contributed by atoms with Gasteiger partial charge in [0.05, 0.1) is 23.4 Å². The standard InChI is InChI=1S/C24H26N4O2/c1-3-26-24(29)27-18-9-7-17(8-10-18)23-21(14-25)20-13-19(30-4-2)11-12-22(20)28(23)15-16-5-6-16/h7-13,16H,3-6,15H2,1-2H3,(H2,26,27,29). The van der Waals surface area contributed by atoms with Gasteiger partial charge >= 0.3 is 6.03 Å². The Kier molecular flexibility index (Phi) is 5.62. The first-order chi connectivity index (χ1) is 14.6. The molecule has 1 fully saturated rings. The van der Waals surface area contributed by atoms with Crippen LogP contribution >= 0.6 is 0 Å². The summed E-state index contributed by atoms with van der Waals surface area (Å²) in [7, 11) is 0. The number of benzene rings is 2. The van der Waals surface area contributed by atoms with Crippen molar-refractivity contribution in [1.82, 2.24) is 9.88 Å². The molecule has 6 nitrogen and oxygen atoms in total. The number of nitrogens with zero attached hydrogens (tertiary/aromatic N) is 2. The normalized spacial score (nSPS) is 13.1. The summed E-state index contributed by atoms with van der Waals surface area (Å²) in [5.41, 5.74) is 4.32. The van der Waals surface area contributed by atoms with E-state index in [1.165, 1.54) is 12.8 Å². The number of ether oxygens (including phenoxy) is 1. The largest absolute Gasteiger partial charge is 0.494 e. The van der Waals surface area contributed by atoms with Crippen LogP contribution in [0.5, 0.6) is 5.75 Å². The first-order valence-corrected chi connectivity index (χ1v) is 10.5. The summed E-state index contributed by atoms with van der Waals surface area (Å²) in [5.74, 6) is 1.44. The fraction of sp³-hybridized carbons (Fsp3) is 0.333. The fourth-order valence-electron chi connectivity index (χ4n) is 3.80. The number of carbonyl (C=O) groups excluding carboxylic acids is 1. The van der Waals surface area contributed by atoms with Crippen LogP contribution < -0.4 is 15.4 Å². The first kappa shape index (κ1) is 19.8. The van der Waals surface area contributed by atoms with E-state index in [2.05, 4.69) is 27.3 Å². The van der Waals surface area contributed by atoms with Gasteiger partial charge in [0.2, 0.25) is 0 Å². The molecule has 2 amide bonds. The van der Waals surface area contributed by atoms with Crippen molar-refractivity contribution >= 4 is 22.6 Å². The first-order valence-electron chi connectivity index (χ1n) is 10.5. The number of nitrogens with one attached hydrogen (secondary N) is 2. The highest BCUT2D eigenvalue weighted by Gasteiger charge is 2.26. The quantitative estimate of drug-likeness (QED) is 0.575. The molecule has 154 valence electrons. The molecule has 30 heavy (non-hydrogen) atoms. The molecule has 2 aromatic carbocycles. The monoisotopic (exact) mass is 402 g/mol. The van der Waals surface area contributed by atoms with Crippen LogP contribution in [0.15, 0.2) is 42.5 Å². The van der Waals surface area contributed by atoms with Gasteiger partial charge in [-0.1, -0.05) is 12.1 Å². The van der Waals surface area contributed by atoms with E-state index in [0.29, 0.717) is 30.3 Å². The highest BCUT2D eigenvalue weighted by Crippen LogP contribution is 2.39. The Hall–Kier alpha value is -3.46.